The van der Waals surface area contributed by atoms with Gasteiger partial charge in [-0.1, -0.05) is 20.8 Å². The molecule has 1 aromatic heterocycles. The Hall–Kier alpha value is -1.51. The van der Waals surface area contributed by atoms with Crippen LogP contribution in [0, 0.1) is 23.7 Å². The van der Waals surface area contributed by atoms with Gasteiger partial charge in [-0.15, -0.1) is 0 Å². The van der Waals surface area contributed by atoms with E-state index in [1.54, 1.807) is 0 Å². The van der Waals surface area contributed by atoms with Gasteiger partial charge in [0, 0.05) is 18.7 Å². The average Bonchev–Trinajstić information content (AvgIpc) is 2.95. The highest BCUT2D eigenvalue weighted by Gasteiger charge is 2.61. The van der Waals surface area contributed by atoms with E-state index >= 15 is 0 Å². The maximum atomic E-state index is 5.56. The van der Waals surface area contributed by atoms with Crippen LogP contribution in [0.4, 0.5) is 5.69 Å². The number of aryl methyl sites for hydroxylation is 1. The maximum Gasteiger partial charge on any atom is 0.192 e. The van der Waals surface area contributed by atoms with Gasteiger partial charge in [0.15, 0.2) is 11.5 Å². The molecule has 1 N–H and O–H groups in total. The summed E-state index contributed by atoms with van der Waals surface area (Å²) < 4.78 is 5.56. The standard InChI is InChI=1S/C18H24N2O/c1-11-19-14-10-13(5-6-15(14)21-11)20-16-9-12-7-8-18(16,4)17(12,2)3/h5-6,10,12,16,20H,7-9H2,1-4H3. The lowest BCUT2D eigenvalue weighted by Gasteiger charge is -2.39. The Balaban J connectivity index is 1.63. The zero-order valence-corrected chi connectivity index (χ0v) is 13.4. The van der Waals surface area contributed by atoms with Crippen molar-refractivity contribution in [1.82, 2.24) is 4.98 Å². The Bertz CT molecular complexity index is 702. The van der Waals surface area contributed by atoms with E-state index in [9.17, 15) is 0 Å². The van der Waals surface area contributed by atoms with Crippen LogP contribution >= 0.6 is 0 Å². The topological polar surface area (TPSA) is 38.1 Å². The zero-order valence-electron chi connectivity index (χ0n) is 13.4. The fourth-order valence-electron chi connectivity index (χ4n) is 4.76. The number of hydrogen-bond acceptors (Lipinski definition) is 3. The number of hydrogen-bond donors (Lipinski definition) is 1. The fraction of sp³-hybridized carbons (Fsp3) is 0.611. The Labute approximate surface area is 126 Å². The van der Waals surface area contributed by atoms with Gasteiger partial charge in [0.05, 0.1) is 0 Å². The highest BCUT2D eigenvalue weighted by Crippen LogP contribution is 2.65. The molecule has 0 aliphatic heterocycles. The first kappa shape index (κ1) is 13.2. The molecular formula is C18H24N2O. The lowest BCUT2D eigenvalue weighted by molar-refractivity contribution is 0.142. The first-order valence-electron chi connectivity index (χ1n) is 8.04. The van der Waals surface area contributed by atoms with Gasteiger partial charge in [0.25, 0.3) is 0 Å². The van der Waals surface area contributed by atoms with E-state index in [1.807, 2.05) is 13.0 Å². The number of oxazole rings is 1. The van der Waals surface area contributed by atoms with E-state index in [2.05, 4.69) is 43.2 Å². The second-order valence-corrected chi connectivity index (χ2v) is 7.72. The first-order valence-corrected chi connectivity index (χ1v) is 8.04. The molecule has 2 bridgehead atoms. The Morgan fingerprint density at radius 1 is 1.29 bits per heavy atom. The van der Waals surface area contributed by atoms with Crippen LogP contribution in [0.15, 0.2) is 22.6 Å². The summed E-state index contributed by atoms with van der Waals surface area (Å²) in [5.41, 5.74) is 3.83. The maximum absolute atomic E-state index is 5.56. The molecule has 112 valence electrons. The molecule has 3 nitrogen and oxygen atoms in total. The van der Waals surface area contributed by atoms with Crippen LogP contribution in [0.2, 0.25) is 0 Å². The molecule has 2 fully saturated rings. The third-order valence-electron chi connectivity index (χ3n) is 6.63. The Morgan fingerprint density at radius 2 is 2.10 bits per heavy atom. The van der Waals surface area contributed by atoms with E-state index in [-0.39, 0.29) is 0 Å². The van der Waals surface area contributed by atoms with Crippen LogP contribution in [0.1, 0.15) is 45.9 Å². The summed E-state index contributed by atoms with van der Waals surface area (Å²) >= 11 is 0. The van der Waals surface area contributed by atoms with Crippen molar-refractivity contribution in [3.05, 3.63) is 24.1 Å². The molecule has 3 atom stereocenters. The molecule has 2 aliphatic rings. The van der Waals surface area contributed by atoms with E-state index in [1.165, 1.54) is 24.9 Å². The summed E-state index contributed by atoms with van der Waals surface area (Å²) in [4.78, 5) is 4.44. The normalized spacial score (nSPS) is 33.7. The van der Waals surface area contributed by atoms with Crippen LogP contribution in [0.5, 0.6) is 0 Å². The van der Waals surface area contributed by atoms with Crippen molar-refractivity contribution in [3.63, 3.8) is 0 Å². The van der Waals surface area contributed by atoms with E-state index in [4.69, 9.17) is 4.42 Å². The van der Waals surface area contributed by atoms with Crippen LogP contribution in [-0.4, -0.2) is 11.0 Å². The summed E-state index contributed by atoms with van der Waals surface area (Å²) in [5, 5.41) is 3.79. The molecule has 0 saturated heterocycles. The molecule has 0 spiro atoms. The SMILES string of the molecule is Cc1nc2cc(NC3CC4CCC3(C)C4(C)C)ccc2o1. The molecule has 2 aliphatic carbocycles. The quantitative estimate of drug-likeness (QED) is 0.863. The summed E-state index contributed by atoms with van der Waals surface area (Å²) in [6.07, 6.45) is 4.02. The lowest BCUT2D eigenvalue weighted by atomic mass is 9.69. The molecule has 0 amide bonds. The molecule has 2 saturated carbocycles. The molecule has 3 heteroatoms. The third-order valence-corrected chi connectivity index (χ3v) is 6.63. The number of anilines is 1. The lowest BCUT2D eigenvalue weighted by Crippen LogP contribution is -2.40. The van der Waals surface area contributed by atoms with Gasteiger partial charge >= 0.3 is 0 Å². The van der Waals surface area contributed by atoms with Crippen molar-refractivity contribution in [1.29, 1.82) is 0 Å². The molecule has 4 rings (SSSR count). The summed E-state index contributed by atoms with van der Waals surface area (Å²) in [7, 11) is 0. The van der Waals surface area contributed by atoms with E-state index in [0.29, 0.717) is 16.9 Å². The Kier molecular flexibility index (Phi) is 2.52. The van der Waals surface area contributed by atoms with Gasteiger partial charge < -0.3 is 9.73 Å². The Morgan fingerprint density at radius 3 is 2.76 bits per heavy atom. The second kappa shape index (κ2) is 4.02. The number of benzene rings is 1. The van der Waals surface area contributed by atoms with Gasteiger partial charge in [0.1, 0.15) is 5.52 Å². The summed E-state index contributed by atoms with van der Waals surface area (Å²) in [6, 6.07) is 6.83. The molecule has 1 aromatic carbocycles. The monoisotopic (exact) mass is 284 g/mol. The van der Waals surface area contributed by atoms with Crippen LogP contribution < -0.4 is 5.32 Å². The molecule has 21 heavy (non-hydrogen) atoms. The van der Waals surface area contributed by atoms with Crippen molar-refractivity contribution in [2.24, 2.45) is 16.7 Å². The van der Waals surface area contributed by atoms with Crippen LogP contribution in [0.3, 0.4) is 0 Å². The minimum absolute atomic E-state index is 0.395. The average molecular weight is 284 g/mol. The third kappa shape index (κ3) is 1.69. The van der Waals surface area contributed by atoms with Crippen molar-refractivity contribution in [3.8, 4) is 0 Å². The molecule has 2 aromatic rings. The molecular weight excluding hydrogens is 260 g/mol. The zero-order chi connectivity index (χ0) is 14.8. The molecule has 3 unspecified atom stereocenters. The highest BCUT2D eigenvalue weighted by molar-refractivity contribution is 5.77. The molecule has 0 radical (unpaired) electrons. The number of rotatable bonds is 2. The van der Waals surface area contributed by atoms with Crippen molar-refractivity contribution < 1.29 is 4.42 Å². The van der Waals surface area contributed by atoms with Crippen molar-refractivity contribution in [2.45, 2.75) is 53.0 Å². The highest BCUT2D eigenvalue weighted by atomic mass is 16.3. The number of nitrogens with one attached hydrogen (secondary N) is 1. The molecule has 1 heterocycles. The van der Waals surface area contributed by atoms with Gasteiger partial charge in [-0.3, -0.25) is 0 Å². The van der Waals surface area contributed by atoms with Gasteiger partial charge in [-0.05, 0) is 54.2 Å². The van der Waals surface area contributed by atoms with Gasteiger partial charge in [-0.2, -0.15) is 0 Å². The fourth-order valence-corrected chi connectivity index (χ4v) is 4.76. The van der Waals surface area contributed by atoms with Crippen molar-refractivity contribution in [2.75, 3.05) is 5.32 Å². The first-order chi connectivity index (χ1) is 9.90. The van der Waals surface area contributed by atoms with Crippen molar-refractivity contribution >= 4 is 16.8 Å². The minimum Gasteiger partial charge on any atom is -0.441 e. The second-order valence-electron chi connectivity index (χ2n) is 7.72. The largest absolute Gasteiger partial charge is 0.441 e. The number of aromatic nitrogens is 1. The predicted molar refractivity (Wildman–Crippen MR) is 85.4 cm³/mol. The van der Waals surface area contributed by atoms with Crippen LogP contribution in [0.25, 0.3) is 11.1 Å². The summed E-state index contributed by atoms with van der Waals surface area (Å²) in [6.45, 7) is 9.27. The number of nitrogens with zero attached hydrogens (tertiary/aromatic N) is 1. The minimum atomic E-state index is 0.395. The number of fused-ring (bicyclic) bond motifs is 3. The van der Waals surface area contributed by atoms with Gasteiger partial charge in [-0.25, -0.2) is 4.98 Å². The summed E-state index contributed by atoms with van der Waals surface area (Å²) in [5.74, 6) is 1.59. The van der Waals surface area contributed by atoms with Gasteiger partial charge in [0.2, 0.25) is 0 Å². The van der Waals surface area contributed by atoms with Crippen LogP contribution in [-0.2, 0) is 0 Å². The van der Waals surface area contributed by atoms with E-state index < -0.39 is 0 Å². The predicted octanol–water partition coefficient (Wildman–Crippen LogP) is 4.76. The van der Waals surface area contributed by atoms with E-state index in [0.717, 1.165) is 22.9 Å². The smallest absolute Gasteiger partial charge is 0.192 e.